The van der Waals surface area contributed by atoms with Gasteiger partial charge < -0.3 is 42.6 Å². The third-order valence-corrected chi connectivity index (χ3v) is 11.7. The van der Waals surface area contributed by atoms with Crippen molar-refractivity contribution in [1.29, 1.82) is 0 Å². The largest absolute Gasteiger partial charge is 0.374 e. The first-order valence-corrected chi connectivity index (χ1v) is 22.8. The standard InChI is InChI=1S/C55H58NO11/c57-56(58)31-47-38-61-48(39-59-32-41-19-7-1-8-20-41)52(50(47)62-34-43-23-11-3-12-24-43)67-55-54(65-37-46-29-17-6-18-30-46)53(64-36-45-27-15-5-16-28-45)51(63-35-44-25-13-4-14-26-44)49(66-55)40-60-33-42-21-9-2-10-22-42/h1-30,38,47-55H,31-37,39-40H2/t47-,48+,49+,50+,51+,52+,53-,54+,55+/m0/s1. The summed E-state index contributed by atoms with van der Waals surface area (Å²) >= 11 is 0. The molecule has 0 saturated carbocycles. The van der Waals surface area contributed by atoms with Gasteiger partial charge in [-0.2, -0.15) is 0 Å². The van der Waals surface area contributed by atoms with Gasteiger partial charge in [-0.1, -0.05) is 182 Å². The normalized spacial score (nSPS) is 24.0. The van der Waals surface area contributed by atoms with Crippen LogP contribution in [0.2, 0.25) is 0 Å². The zero-order chi connectivity index (χ0) is 45.9. The highest BCUT2D eigenvalue weighted by Crippen LogP contribution is 2.37. The Kier molecular flexibility index (Phi) is 18.2. The van der Waals surface area contributed by atoms with Gasteiger partial charge in [0.2, 0.25) is 6.54 Å². The van der Waals surface area contributed by atoms with Crippen molar-refractivity contribution in [1.82, 2.24) is 0 Å². The number of hydrogen-bond acceptors (Lipinski definition) is 11. The number of rotatable bonds is 24. The highest BCUT2D eigenvalue weighted by atomic mass is 16.7. The summed E-state index contributed by atoms with van der Waals surface area (Å²) in [5, 5.41) is 12.3. The molecule has 8 rings (SSSR count). The molecule has 67 heavy (non-hydrogen) atoms. The van der Waals surface area contributed by atoms with Gasteiger partial charge in [-0.05, 0) is 33.4 Å². The summed E-state index contributed by atoms with van der Waals surface area (Å²) in [5.41, 5.74) is 5.72. The maximum atomic E-state index is 12.3. The Morgan fingerprint density at radius 1 is 0.418 bits per heavy atom. The van der Waals surface area contributed by atoms with Crippen LogP contribution in [-0.4, -0.2) is 73.7 Å². The Morgan fingerprint density at radius 3 is 1.19 bits per heavy atom. The number of benzene rings is 6. The van der Waals surface area contributed by atoms with E-state index < -0.39 is 61.5 Å². The molecule has 9 atom stereocenters. The van der Waals surface area contributed by atoms with Gasteiger partial charge >= 0.3 is 0 Å². The van der Waals surface area contributed by atoms with Crippen LogP contribution in [0.15, 0.2) is 182 Å². The van der Waals surface area contributed by atoms with Crippen LogP contribution in [0.25, 0.3) is 0 Å². The summed E-state index contributed by atoms with van der Waals surface area (Å²) in [6.07, 6.45) is -6.88. The van der Waals surface area contributed by atoms with E-state index in [0.29, 0.717) is 13.2 Å². The third-order valence-electron chi connectivity index (χ3n) is 11.7. The van der Waals surface area contributed by atoms with Crippen molar-refractivity contribution >= 4 is 0 Å². The molecule has 2 heterocycles. The second-order valence-corrected chi connectivity index (χ2v) is 16.7. The SMILES string of the molecule is O=[N+]([O-])C[C@H]1[CH]O[C@H](COCc2ccccc2)[C@@H](O[C@H]2O[C@H](COCc3ccccc3)[C@@H](OCc3ccccc3)[C@H](OCc3ccccc3)[C@H]2OCc2ccccc2)[C@@H]1OCc1ccccc1. The van der Waals surface area contributed by atoms with Crippen molar-refractivity contribution in [3.8, 4) is 0 Å². The summed E-state index contributed by atoms with van der Waals surface area (Å²) in [5.74, 6) is -0.793. The van der Waals surface area contributed by atoms with Gasteiger partial charge in [0.15, 0.2) is 6.29 Å². The smallest absolute Gasteiger partial charge is 0.211 e. The third kappa shape index (κ3) is 14.4. The number of hydrogen-bond donors (Lipinski definition) is 0. The lowest BCUT2D eigenvalue weighted by molar-refractivity contribution is -0.493. The Morgan fingerprint density at radius 2 is 0.776 bits per heavy atom. The summed E-state index contributed by atoms with van der Waals surface area (Å²) in [6, 6.07) is 59.1. The van der Waals surface area contributed by atoms with Crippen LogP contribution in [0, 0.1) is 22.6 Å². The van der Waals surface area contributed by atoms with Gasteiger partial charge in [0.05, 0.1) is 71.5 Å². The molecule has 2 aliphatic rings. The molecule has 0 bridgehead atoms. The number of nitrogens with zero attached hydrogens (tertiary/aromatic N) is 1. The van der Waals surface area contributed by atoms with Gasteiger partial charge in [-0.15, -0.1) is 0 Å². The average molecular weight is 909 g/mol. The molecule has 12 nitrogen and oxygen atoms in total. The Bertz CT molecular complexity index is 2300. The van der Waals surface area contributed by atoms with Crippen molar-refractivity contribution in [2.24, 2.45) is 5.92 Å². The predicted molar refractivity (Wildman–Crippen MR) is 250 cm³/mol. The van der Waals surface area contributed by atoms with Gasteiger partial charge in [-0.3, -0.25) is 10.1 Å². The maximum absolute atomic E-state index is 12.3. The Balaban J connectivity index is 1.16. The van der Waals surface area contributed by atoms with Crippen molar-refractivity contribution in [2.75, 3.05) is 19.8 Å². The monoisotopic (exact) mass is 908 g/mol. The van der Waals surface area contributed by atoms with E-state index >= 15 is 0 Å². The van der Waals surface area contributed by atoms with Crippen molar-refractivity contribution in [3.63, 3.8) is 0 Å². The van der Waals surface area contributed by atoms with Crippen LogP contribution in [0.1, 0.15) is 33.4 Å². The first-order chi connectivity index (χ1) is 33.1. The molecule has 12 heteroatoms. The van der Waals surface area contributed by atoms with E-state index in [1.54, 1.807) is 0 Å². The molecule has 0 spiro atoms. The molecule has 6 aromatic rings. The molecule has 0 aliphatic carbocycles. The molecule has 349 valence electrons. The van der Waals surface area contributed by atoms with Gasteiger partial charge in [0, 0.05) is 4.92 Å². The second-order valence-electron chi connectivity index (χ2n) is 16.7. The van der Waals surface area contributed by atoms with Gasteiger partial charge in [0.25, 0.3) is 0 Å². The van der Waals surface area contributed by atoms with E-state index in [2.05, 4.69) is 0 Å². The molecule has 0 unspecified atom stereocenters. The highest BCUT2D eigenvalue weighted by molar-refractivity contribution is 5.18. The van der Waals surface area contributed by atoms with E-state index in [9.17, 15) is 10.1 Å². The zero-order valence-electron chi connectivity index (χ0n) is 37.4. The van der Waals surface area contributed by atoms with Crippen LogP contribution in [-0.2, 0) is 82.3 Å². The summed E-state index contributed by atoms with van der Waals surface area (Å²) in [6.45, 7) is 2.72. The molecule has 0 amide bonds. The Hall–Kier alpha value is -5.64. The van der Waals surface area contributed by atoms with Crippen molar-refractivity contribution in [3.05, 3.63) is 232 Å². The topological polar surface area (TPSA) is 126 Å². The van der Waals surface area contributed by atoms with Crippen LogP contribution in [0.5, 0.6) is 0 Å². The van der Waals surface area contributed by atoms with E-state index in [0.717, 1.165) is 33.4 Å². The molecule has 6 aromatic carbocycles. The highest BCUT2D eigenvalue weighted by Gasteiger charge is 2.53. The molecule has 0 N–H and O–H groups in total. The first-order valence-electron chi connectivity index (χ1n) is 22.8. The van der Waals surface area contributed by atoms with Crippen LogP contribution >= 0.6 is 0 Å². The van der Waals surface area contributed by atoms with Crippen molar-refractivity contribution < 1.29 is 47.6 Å². The molecular formula is C55H58NO11. The first kappa shape index (κ1) is 47.8. The lowest BCUT2D eigenvalue weighted by Crippen LogP contribution is -2.64. The fraction of sp³-hybridized carbons (Fsp3) is 0.327. The fourth-order valence-corrected chi connectivity index (χ4v) is 8.29. The van der Waals surface area contributed by atoms with Crippen molar-refractivity contribution in [2.45, 2.75) is 88.7 Å². The van der Waals surface area contributed by atoms with Crippen LogP contribution in [0.3, 0.4) is 0 Å². The summed E-state index contributed by atoms with van der Waals surface area (Å²) in [4.78, 5) is 11.9. The molecule has 0 aromatic heterocycles. The number of ether oxygens (including phenoxy) is 9. The van der Waals surface area contributed by atoms with Crippen LogP contribution in [0.4, 0.5) is 0 Å². The van der Waals surface area contributed by atoms with E-state index in [4.69, 9.17) is 42.6 Å². The molecule has 2 fully saturated rings. The van der Waals surface area contributed by atoms with Crippen LogP contribution < -0.4 is 0 Å². The summed E-state index contributed by atoms with van der Waals surface area (Å²) < 4.78 is 60.9. The lowest BCUT2D eigenvalue weighted by atomic mass is 9.91. The predicted octanol–water partition coefficient (Wildman–Crippen LogP) is 9.33. The minimum absolute atomic E-state index is 0.0784. The van der Waals surface area contributed by atoms with E-state index in [1.807, 2.05) is 182 Å². The van der Waals surface area contributed by atoms with E-state index in [1.165, 1.54) is 6.61 Å². The minimum Gasteiger partial charge on any atom is -0.374 e. The molecule has 1 radical (unpaired) electrons. The quantitative estimate of drug-likeness (QED) is 0.0426. The summed E-state index contributed by atoms with van der Waals surface area (Å²) in [7, 11) is 0. The second kappa shape index (κ2) is 25.5. The number of nitro groups is 1. The lowest BCUT2D eigenvalue weighted by Gasteiger charge is -2.48. The average Bonchev–Trinajstić information content (AvgIpc) is 3.37. The molecular weight excluding hydrogens is 851 g/mol. The maximum Gasteiger partial charge on any atom is 0.211 e. The zero-order valence-corrected chi connectivity index (χ0v) is 37.4. The molecule has 2 aliphatic heterocycles. The molecule has 2 saturated heterocycles. The van der Waals surface area contributed by atoms with Gasteiger partial charge in [0.1, 0.15) is 36.6 Å². The Labute approximate surface area is 392 Å². The fourth-order valence-electron chi connectivity index (χ4n) is 8.29. The minimum atomic E-state index is -1.14. The van der Waals surface area contributed by atoms with Gasteiger partial charge in [-0.25, -0.2) is 0 Å². The van der Waals surface area contributed by atoms with E-state index in [-0.39, 0.29) is 44.6 Å².